The summed E-state index contributed by atoms with van der Waals surface area (Å²) in [7, 11) is 0. The maximum atomic E-state index is 14.0. The first-order valence-corrected chi connectivity index (χ1v) is 26.6. The molecule has 1 rings (SSSR count). The molecule has 11 atom stereocenters. The van der Waals surface area contributed by atoms with Gasteiger partial charge in [0, 0.05) is 26.6 Å². The zero-order valence-corrected chi connectivity index (χ0v) is 46.7. The van der Waals surface area contributed by atoms with Crippen LogP contribution in [0.15, 0.2) is 4.99 Å². The van der Waals surface area contributed by atoms with Gasteiger partial charge in [-0.15, -0.1) is 0 Å². The van der Waals surface area contributed by atoms with Gasteiger partial charge in [-0.25, -0.2) is 0 Å². The highest BCUT2D eigenvalue weighted by atomic mass is 16.4. The molecule has 33 heteroatoms. The molecule has 1 saturated heterocycles. The Kier molecular flexibility index (Phi) is 32.7. The Labute approximate surface area is 468 Å². The van der Waals surface area contributed by atoms with E-state index in [1.807, 2.05) is 5.32 Å². The predicted octanol–water partition coefficient (Wildman–Crippen LogP) is -8.56. The zero-order chi connectivity index (χ0) is 61.5. The van der Waals surface area contributed by atoms with Crippen molar-refractivity contribution in [2.45, 2.75) is 172 Å². The fraction of sp³-hybridized carbons (Fsp3) is 0.708. The van der Waals surface area contributed by atoms with Gasteiger partial charge in [-0.1, -0.05) is 6.42 Å². The van der Waals surface area contributed by atoms with E-state index in [0.29, 0.717) is 38.6 Å². The van der Waals surface area contributed by atoms with Crippen molar-refractivity contribution in [3.05, 3.63) is 0 Å². The summed E-state index contributed by atoms with van der Waals surface area (Å²) in [5.74, 6) is -11.4. The van der Waals surface area contributed by atoms with E-state index in [1.165, 1.54) is 41.5 Å². The molecule has 458 valence electrons. The average molecular weight is 1160 g/mol. The maximum Gasteiger partial charge on any atom is 0.322 e. The minimum absolute atomic E-state index is 0.0201. The van der Waals surface area contributed by atoms with E-state index in [1.54, 1.807) is 0 Å². The van der Waals surface area contributed by atoms with Crippen LogP contribution >= 0.6 is 0 Å². The number of carboxylic acids is 1. The number of rotatable bonds is 37. The van der Waals surface area contributed by atoms with E-state index in [9.17, 15) is 72.5 Å². The van der Waals surface area contributed by atoms with Gasteiger partial charge in [-0.05, 0) is 99.0 Å². The first-order valence-electron chi connectivity index (χ1n) is 26.6. The van der Waals surface area contributed by atoms with Crippen molar-refractivity contribution in [2.75, 3.05) is 45.9 Å². The number of aliphatic imine (C=N–C) groups is 1. The molecule has 0 aromatic heterocycles. The highest BCUT2D eigenvalue weighted by Gasteiger charge is 2.39. The number of hydrogen-bond donors (Lipinski definition) is 18. The van der Waals surface area contributed by atoms with Gasteiger partial charge in [0.1, 0.15) is 60.9 Å². The van der Waals surface area contributed by atoms with Crippen LogP contribution in [-0.4, -0.2) is 215 Å². The number of likely N-dealkylation sites (tertiary alicyclic amines) is 1. The van der Waals surface area contributed by atoms with Gasteiger partial charge in [-0.3, -0.25) is 67.3 Å². The van der Waals surface area contributed by atoms with Crippen LogP contribution in [0, 0.1) is 0 Å². The van der Waals surface area contributed by atoms with Gasteiger partial charge in [0.15, 0.2) is 5.96 Å². The van der Waals surface area contributed by atoms with Gasteiger partial charge in [0.05, 0.1) is 25.3 Å². The molecule has 22 N–H and O–H groups in total. The summed E-state index contributed by atoms with van der Waals surface area (Å²) < 4.78 is 0. The lowest BCUT2D eigenvalue weighted by molar-refractivity contribution is -0.142. The predicted molar refractivity (Wildman–Crippen MR) is 289 cm³/mol. The number of amides is 12. The van der Waals surface area contributed by atoms with Crippen molar-refractivity contribution in [3.8, 4) is 0 Å². The Hall–Kier alpha value is -7.78. The molecule has 0 radical (unpaired) electrons. The third kappa shape index (κ3) is 27.3. The molecular weight excluding hydrogens is 1070 g/mol. The van der Waals surface area contributed by atoms with Crippen LogP contribution in [0.5, 0.6) is 0 Å². The minimum atomic E-state index is -1.72. The van der Waals surface area contributed by atoms with Crippen molar-refractivity contribution in [2.24, 2.45) is 27.9 Å². The number of unbranched alkanes of at least 4 members (excludes halogenated alkanes) is 2. The fourth-order valence-electron chi connectivity index (χ4n) is 7.74. The molecule has 1 fully saturated rings. The summed E-state index contributed by atoms with van der Waals surface area (Å²) in [5, 5.41) is 55.6. The molecular formula is C48H85N17O16. The average Bonchev–Trinajstić information content (AvgIpc) is 3.91. The molecule has 0 aromatic carbocycles. The Morgan fingerprint density at radius 1 is 0.593 bits per heavy atom. The Balaban J connectivity index is 3.18. The van der Waals surface area contributed by atoms with Crippen LogP contribution in [0.2, 0.25) is 0 Å². The normalized spacial score (nSPS) is 16.5. The molecule has 12 amide bonds. The molecule has 1 aliphatic heterocycles. The molecule has 81 heavy (non-hydrogen) atoms. The van der Waals surface area contributed by atoms with E-state index in [-0.39, 0.29) is 63.6 Å². The van der Waals surface area contributed by atoms with Crippen LogP contribution < -0.4 is 81.4 Å². The minimum Gasteiger partial charge on any atom is -0.480 e. The van der Waals surface area contributed by atoms with Crippen LogP contribution in [-0.2, 0) is 62.3 Å². The van der Waals surface area contributed by atoms with Gasteiger partial charge in [0.25, 0.3) is 0 Å². The van der Waals surface area contributed by atoms with Crippen molar-refractivity contribution < 1.29 is 77.6 Å². The van der Waals surface area contributed by atoms with Gasteiger partial charge in [-0.2, -0.15) is 0 Å². The third-order valence-electron chi connectivity index (χ3n) is 12.4. The number of aliphatic hydroxyl groups is 2. The number of nitrogens with two attached hydrogens (primary N) is 4. The number of carbonyl (C=O) groups excluding carboxylic acids is 12. The summed E-state index contributed by atoms with van der Waals surface area (Å²) in [6.45, 7) is 6.00. The third-order valence-corrected chi connectivity index (χ3v) is 12.4. The quantitative estimate of drug-likeness (QED) is 0.0156. The lowest BCUT2D eigenvalue weighted by atomic mass is 10.1. The Morgan fingerprint density at radius 3 is 1.68 bits per heavy atom. The van der Waals surface area contributed by atoms with E-state index in [4.69, 9.17) is 28.0 Å². The summed E-state index contributed by atoms with van der Waals surface area (Å²) in [4.78, 5) is 173. The largest absolute Gasteiger partial charge is 0.480 e. The van der Waals surface area contributed by atoms with Gasteiger partial charge >= 0.3 is 5.97 Å². The number of hydrogen-bond acceptors (Lipinski definition) is 18. The van der Waals surface area contributed by atoms with Crippen LogP contribution in [0.4, 0.5) is 0 Å². The SMILES string of the molecule is CC(=O)NCCCCC(NC(=O)C(CCCN=C(N)N)NC(=O)C(C)NC(=O)C(C)NC(=O)C(N)CCCCN)C(=O)NC(CO)C(=O)NC(C)C(=O)N1CCCC1C(=O)NC(C)C(=O)NC(C(=O)NCC(=O)NCC(=O)O)C(C)O. The highest BCUT2D eigenvalue weighted by Crippen LogP contribution is 2.19. The smallest absolute Gasteiger partial charge is 0.322 e. The molecule has 1 aliphatic rings. The topological polar surface area (TPSA) is 535 Å². The van der Waals surface area contributed by atoms with E-state index >= 15 is 0 Å². The number of carbonyl (C=O) groups is 13. The lowest BCUT2D eigenvalue weighted by Gasteiger charge is -2.29. The van der Waals surface area contributed by atoms with Gasteiger partial charge < -0.3 is 102 Å². The second-order valence-corrected chi connectivity index (χ2v) is 19.4. The standard InChI is InChI=1S/C48H85N17O16/c1-24(58-41(75)30(50)13-7-9-17-49)38(72)57-25(2)39(73)61-32(15-11-19-54-48(51)52)42(76)62-31(14-8-10-18-53-29(6)68)43(77)63-33(23-66)44(78)60-27(4)47(81)65-20-12-16-34(65)45(79)59-26(3)40(74)64-37(28(5)67)46(80)56-21-35(69)55-22-36(70)71/h24-28,30-34,37,66-67H,7-23,49-50H2,1-6H3,(H,53,68)(H,55,69)(H,56,80)(H,57,72)(H,58,75)(H,59,79)(H,60,78)(H,61,73)(H,62,76)(H,63,77)(H,64,74)(H,70,71)(H4,51,52,54). The van der Waals surface area contributed by atoms with E-state index < -0.39 is 157 Å². The van der Waals surface area contributed by atoms with Crippen molar-refractivity contribution in [3.63, 3.8) is 0 Å². The van der Waals surface area contributed by atoms with Crippen LogP contribution in [0.3, 0.4) is 0 Å². The number of aliphatic hydroxyl groups excluding tert-OH is 2. The fourth-order valence-corrected chi connectivity index (χ4v) is 7.74. The molecule has 0 aliphatic carbocycles. The Morgan fingerprint density at radius 2 is 1.11 bits per heavy atom. The molecule has 1 heterocycles. The maximum absolute atomic E-state index is 14.0. The van der Waals surface area contributed by atoms with Gasteiger partial charge in [0.2, 0.25) is 70.9 Å². The Bertz CT molecular complexity index is 2220. The second-order valence-electron chi connectivity index (χ2n) is 19.4. The highest BCUT2D eigenvalue weighted by molar-refractivity contribution is 5.99. The van der Waals surface area contributed by atoms with E-state index in [2.05, 4.69) is 58.2 Å². The number of guanidine groups is 1. The molecule has 0 saturated carbocycles. The molecule has 33 nitrogen and oxygen atoms in total. The summed E-state index contributed by atoms with van der Waals surface area (Å²) in [6.07, 6.45) is 1.00. The monoisotopic (exact) mass is 1160 g/mol. The number of nitrogens with zero attached hydrogens (tertiary/aromatic N) is 2. The molecule has 0 spiro atoms. The second kappa shape index (κ2) is 37.2. The van der Waals surface area contributed by atoms with Crippen LogP contribution in [0.25, 0.3) is 0 Å². The first kappa shape index (κ1) is 71.2. The number of aliphatic carboxylic acids is 1. The number of nitrogens with one attached hydrogen (secondary N) is 11. The lowest BCUT2D eigenvalue weighted by Crippen LogP contribution is -2.60. The first-order chi connectivity index (χ1) is 38.0. The molecule has 0 aromatic rings. The van der Waals surface area contributed by atoms with Crippen molar-refractivity contribution in [1.29, 1.82) is 0 Å². The van der Waals surface area contributed by atoms with Crippen molar-refractivity contribution in [1.82, 2.24) is 63.4 Å². The number of carboxylic acid groups (broad SMARTS) is 1. The van der Waals surface area contributed by atoms with E-state index in [0.717, 1.165) is 4.90 Å². The molecule has 11 unspecified atom stereocenters. The molecule has 0 bridgehead atoms. The van der Waals surface area contributed by atoms with Crippen molar-refractivity contribution >= 4 is 82.8 Å². The van der Waals surface area contributed by atoms with Crippen LogP contribution in [0.1, 0.15) is 106 Å². The zero-order valence-electron chi connectivity index (χ0n) is 46.7. The summed E-state index contributed by atoms with van der Waals surface area (Å²) in [5.41, 5.74) is 22.3. The summed E-state index contributed by atoms with van der Waals surface area (Å²) in [6, 6.07) is -13.3. The summed E-state index contributed by atoms with van der Waals surface area (Å²) >= 11 is 0.